The van der Waals surface area contributed by atoms with Crippen LogP contribution in [0.1, 0.15) is 45.1 Å². The Balaban J connectivity index is 2.03. The van der Waals surface area contributed by atoms with E-state index in [4.69, 9.17) is 11.6 Å². The van der Waals surface area contributed by atoms with Crippen molar-refractivity contribution in [2.24, 2.45) is 5.92 Å². The fourth-order valence-corrected chi connectivity index (χ4v) is 2.72. The molecule has 1 saturated carbocycles. The van der Waals surface area contributed by atoms with E-state index in [0.717, 1.165) is 54.9 Å². The number of pyridine rings is 1. The smallest absolute Gasteiger partial charge is 0.128 e. The summed E-state index contributed by atoms with van der Waals surface area (Å²) in [6.45, 7) is 8.35. The summed E-state index contributed by atoms with van der Waals surface area (Å²) in [5, 5.41) is 4.17. The molecule has 0 bridgehead atoms. The Bertz CT molecular complexity index is 418. The Labute approximate surface area is 127 Å². The fourth-order valence-electron chi connectivity index (χ4n) is 2.55. The molecule has 1 aliphatic carbocycles. The lowest BCUT2D eigenvalue weighted by molar-refractivity contribution is 0.318. The van der Waals surface area contributed by atoms with Gasteiger partial charge >= 0.3 is 0 Å². The lowest BCUT2D eigenvalue weighted by Crippen LogP contribution is -2.33. The van der Waals surface area contributed by atoms with Gasteiger partial charge in [-0.3, -0.25) is 0 Å². The summed E-state index contributed by atoms with van der Waals surface area (Å²) in [6, 6.07) is 2.15. The van der Waals surface area contributed by atoms with Crippen LogP contribution in [0, 0.1) is 5.92 Å². The first-order valence-electron chi connectivity index (χ1n) is 7.84. The molecule has 4 heteroatoms. The van der Waals surface area contributed by atoms with Gasteiger partial charge in [-0.05, 0) is 50.3 Å². The third kappa shape index (κ3) is 4.10. The molecule has 2 rings (SSSR count). The van der Waals surface area contributed by atoms with E-state index in [1.54, 1.807) is 6.20 Å². The van der Waals surface area contributed by atoms with E-state index in [1.165, 1.54) is 19.3 Å². The van der Waals surface area contributed by atoms with Crippen molar-refractivity contribution in [3.05, 3.63) is 22.8 Å². The van der Waals surface area contributed by atoms with Gasteiger partial charge in [0.1, 0.15) is 5.82 Å². The third-order valence-electron chi connectivity index (χ3n) is 4.07. The van der Waals surface area contributed by atoms with Crippen molar-refractivity contribution in [1.29, 1.82) is 0 Å². The highest BCUT2D eigenvalue weighted by atomic mass is 35.5. The van der Waals surface area contributed by atoms with Gasteiger partial charge in [-0.25, -0.2) is 4.98 Å². The topological polar surface area (TPSA) is 28.2 Å². The van der Waals surface area contributed by atoms with Gasteiger partial charge in [-0.2, -0.15) is 0 Å². The van der Waals surface area contributed by atoms with Gasteiger partial charge < -0.3 is 10.2 Å². The zero-order valence-electron chi connectivity index (χ0n) is 12.7. The van der Waals surface area contributed by atoms with Crippen LogP contribution in [0.4, 0.5) is 5.82 Å². The zero-order valence-corrected chi connectivity index (χ0v) is 13.4. The molecule has 0 aromatic carbocycles. The quantitative estimate of drug-likeness (QED) is 0.738. The number of rotatable bonds is 8. The van der Waals surface area contributed by atoms with Crippen molar-refractivity contribution in [2.75, 3.05) is 24.5 Å². The Hall–Kier alpha value is -0.800. The molecule has 0 unspecified atom stereocenters. The molecular formula is C16H26ClN3. The molecule has 1 heterocycles. The molecule has 0 spiro atoms. The number of hydrogen-bond donors (Lipinski definition) is 1. The predicted octanol–water partition coefficient (Wildman–Crippen LogP) is 3.86. The molecule has 1 N–H and O–H groups in total. The molecule has 3 nitrogen and oxygen atoms in total. The maximum absolute atomic E-state index is 6.25. The van der Waals surface area contributed by atoms with Crippen LogP contribution in [-0.2, 0) is 6.54 Å². The molecule has 1 fully saturated rings. The van der Waals surface area contributed by atoms with Crippen LogP contribution in [-0.4, -0.2) is 24.6 Å². The molecule has 0 radical (unpaired) electrons. The summed E-state index contributed by atoms with van der Waals surface area (Å²) in [7, 11) is 0. The fraction of sp³-hybridized carbons (Fsp3) is 0.688. The van der Waals surface area contributed by atoms with Gasteiger partial charge in [0.05, 0.1) is 5.02 Å². The Morgan fingerprint density at radius 3 is 2.80 bits per heavy atom. The van der Waals surface area contributed by atoms with Gasteiger partial charge in [0.15, 0.2) is 0 Å². The highest BCUT2D eigenvalue weighted by Gasteiger charge is 2.21. The predicted molar refractivity (Wildman–Crippen MR) is 86.5 cm³/mol. The molecular weight excluding hydrogens is 270 g/mol. The van der Waals surface area contributed by atoms with Crippen LogP contribution in [0.15, 0.2) is 12.3 Å². The standard InChI is InChI=1S/C16H26ClN3/c1-3-8-18-10-14-9-16(19-11-15(14)17)20(4-2)12-13-6-5-7-13/h9,11,13,18H,3-8,10,12H2,1-2H3. The lowest BCUT2D eigenvalue weighted by Gasteiger charge is -2.32. The zero-order chi connectivity index (χ0) is 14.4. The van der Waals surface area contributed by atoms with Gasteiger partial charge in [0.25, 0.3) is 0 Å². The maximum Gasteiger partial charge on any atom is 0.128 e. The summed E-state index contributed by atoms with van der Waals surface area (Å²) in [5.41, 5.74) is 1.15. The Morgan fingerprint density at radius 2 is 2.20 bits per heavy atom. The maximum atomic E-state index is 6.25. The number of hydrogen-bond acceptors (Lipinski definition) is 3. The number of halogens is 1. The van der Waals surface area contributed by atoms with Crippen LogP contribution in [0.5, 0.6) is 0 Å². The van der Waals surface area contributed by atoms with Crippen LogP contribution >= 0.6 is 11.6 Å². The van der Waals surface area contributed by atoms with Gasteiger partial charge in [-0.15, -0.1) is 0 Å². The van der Waals surface area contributed by atoms with E-state index >= 15 is 0 Å². The van der Waals surface area contributed by atoms with Crippen molar-refractivity contribution >= 4 is 17.4 Å². The molecule has 1 aromatic heterocycles. The lowest BCUT2D eigenvalue weighted by atomic mass is 9.85. The molecule has 0 saturated heterocycles. The van der Waals surface area contributed by atoms with Gasteiger partial charge in [0.2, 0.25) is 0 Å². The first-order chi connectivity index (χ1) is 9.74. The van der Waals surface area contributed by atoms with E-state index in [2.05, 4.69) is 35.1 Å². The molecule has 0 atom stereocenters. The second-order valence-corrected chi connectivity index (χ2v) is 6.05. The van der Waals surface area contributed by atoms with Crippen LogP contribution < -0.4 is 10.2 Å². The minimum absolute atomic E-state index is 0.761. The third-order valence-corrected chi connectivity index (χ3v) is 4.41. The van der Waals surface area contributed by atoms with Crippen molar-refractivity contribution in [2.45, 2.75) is 46.1 Å². The van der Waals surface area contributed by atoms with E-state index in [0.29, 0.717) is 0 Å². The molecule has 0 amide bonds. The molecule has 112 valence electrons. The minimum atomic E-state index is 0.761. The number of anilines is 1. The molecule has 0 aliphatic heterocycles. The first kappa shape index (κ1) is 15.6. The SMILES string of the molecule is CCCNCc1cc(N(CC)CC2CCC2)ncc1Cl. The number of nitrogens with zero attached hydrogens (tertiary/aromatic N) is 2. The van der Waals surface area contributed by atoms with Crippen LogP contribution in [0.3, 0.4) is 0 Å². The van der Waals surface area contributed by atoms with E-state index in [1.807, 2.05) is 0 Å². The number of aromatic nitrogens is 1. The largest absolute Gasteiger partial charge is 0.357 e. The second-order valence-electron chi connectivity index (χ2n) is 5.65. The summed E-state index contributed by atoms with van der Waals surface area (Å²) < 4.78 is 0. The summed E-state index contributed by atoms with van der Waals surface area (Å²) in [4.78, 5) is 6.89. The average molecular weight is 296 g/mol. The first-order valence-corrected chi connectivity index (χ1v) is 8.22. The molecule has 1 aliphatic rings. The highest BCUT2D eigenvalue weighted by Crippen LogP contribution is 2.29. The minimum Gasteiger partial charge on any atom is -0.357 e. The normalized spacial score (nSPS) is 15.2. The molecule has 20 heavy (non-hydrogen) atoms. The second kappa shape index (κ2) is 7.84. The Morgan fingerprint density at radius 1 is 1.40 bits per heavy atom. The summed E-state index contributed by atoms with van der Waals surface area (Å²) >= 11 is 6.25. The number of nitrogens with one attached hydrogen (secondary N) is 1. The summed E-state index contributed by atoms with van der Waals surface area (Å²) in [6.07, 6.45) is 7.06. The van der Waals surface area contributed by atoms with E-state index < -0.39 is 0 Å². The van der Waals surface area contributed by atoms with Crippen LogP contribution in [0.2, 0.25) is 5.02 Å². The van der Waals surface area contributed by atoms with Gasteiger partial charge in [-0.1, -0.05) is 24.9 Å². The monoisotopic (exact) mass is 295 g/mol. The van der Waals surface area contributed by atoms with Crippen molar-refractivity contribution < 1.29 is 0 Å². The summed E-state index contributed by atoms with van der Waals surface area (Å²) in [5.74, 6) is 1.92. The molecule has 1 aromatic rings. The van der Waals surface area contributed by atoms with E-state index in [-0.39, 0.29) is 0 Å². The van der Waals surface area contributed by atoms with E-state index in [9.17, 15) is 0 Å². The van der Waals surface area contributed by atoms with Crippen molar-refractivity contribution in [3.8, 4) is 0 Å². The van der Waals surface area contributed by atoms with Crippen LogP contribution in [0.25, 0.3) is 0 Å². The van der Waals surface area contributed by atoms with Crippen molar-refractivity contribution in [3.63, 3.8) is 0 Å². The highest BCUT2D eigenvalue weighted by molar-refractivity contribution is 6.31. The Kier molecular flexibility index (Phi) is 6.11. The van der Waals surface area contributed by atoms with Gasteiger partial charge in [0, 0.05) is 25.8 Å². The average Bonchev–Trinajstić information content (AvgIpc) is 2.41. The van der Waals surface area contributed by atoms with Crippen molar-refractivity contribution in [1.82, 2.24) is 10.3 Å².